The number of esters is 1. The summed E-state index contributed by atoms with van der Waals surface area (Å²) in [6, 6.07) is 0. The van der Waals surface area contributed by atoms with E-state index in [4.69, 9.17) is 29.4 Å². The molecule has 2 fully saturated rings. The van der Waals surface area contributed by atoms with Gasteiger partial charge in [-0.15, -0.1) is 0 Å². The number of Topliss-reactive ketones (excluding diaryl/α,β-unsaturated/α-hetero) is 1. The summed E-state index contributed by atoms with van der Waals surface area (Å²) in [6.45, 7) is 12.1. The predicted molar refractivity (Wildman–Crippen MR) is 184 cm³/mol. The molecule has 2 saturated heterocycles. The van der Waals surface area contributed by atoms with E-state index in [2.05, 4.69) is 39.0 Å². The summed E-state index contributed by atoms with van der Waals surface area (Å²) < 4.78 is 30.5. The minimum atomic E-state index is -0.788. The number of allylic oxidation sites excluding steroid dienone is 2. The lowest BCUT2D eigenvalue weighted by atomic mass is 9.86. The zero-order valence-corrected chi connectivity index (χ0v) is 30.3. The molecule has 274 valence electrons. The Balaban J connectivity index is 1.77. The number of fused-ring (bicyclic) bond motifs is 2. The fourth-order valence-electron chi connectivity index (χ4n) is 7.16. The van der Waals surface area contributed by atoms with Crippen molar-refractivity contribution in [2.45, 2.75) is 180 Å². The van der Waals surface area contributed by atoms with Crippen molar-refractivity contribution in [3.8, 4) is 0 Å². The number of ether oxygens (including phenoxy) is 5. The molecule has 0 aliphatic carbocycles. The summed E-state index contributed by atoms with van der Waals surface area (Å²) in [6.07, 6.45) is 12.6. The molecule has 1 amide bonds. The molecular weight excluding hydrogens is 614 g/mol. The van der Waals surface area contributed by atoms with Gasteiger partial charge in [-0.1, -0.05) is 45.9 Å². The highest BCUT2D eigenvalue weighted by Gasteiger charge is 2.32. The third kappa shape index (κ3) is 14.3. The number of rotatable bonds is 10. The number of cyclic esters (lactones) is 1. The van der Waals surface area contributed by atoms with Gasteiger partial charge in [0.15, 0.2) is 6.29 Å². The zero-order chi connectivity index (χ0) is 35.2. The minimum Gasteiger partial charge on any atom is -0.462 e. The van der Waals surface area contributed by atoms with Crippen LogP contribution in [0.15, 0.2) is 23.8 Å². The minimum absolute atomic E-state index is 0.00886. The van der Waals surface area contributed by atoms with Crippen LogP contribution in [0.2, 0.25) is 0 Å². The maximum absolute atomic E-state index is 13.3. The Hall–Kier alpha value is -2.27. The second-order valence-corrected chi connectivity index (χ2v) is 14.7. The molecule has 3 N–H and O–H groups in total. The molecule has 3 rings (SSSR count). The molecule has 3 aliphatic heterocycles. The van der Waals surface area contributed by atoms with Gasteiger partial charge in [0, 0.05) is 25.7 Å². The lowest BCUT2D eigenvalue weighted by Gasteiger charge is -2.34. The van der Waals surface area contributed by atoms with Crippen molar-refractivity contribution < 1.29 is 43.2 Å². The fraction of sp³-hybridized carbons (Fsp3) is 0.816. The van der Waals surface area contributed by atoms with Gasteiger partial charge >= 0.3 is 12.1 Å². The molecule has 0 spiro atoms. The predicted octanol–water partition coefficient (Wildman–Crippen LogP) is 7.10. The Kier molecular flexibility index (Phi) is 17.1. The molecule has 3 heterocycles. The first-order valence-corrected chi connectivity index (χ1v) is 18.5. The first kappa shape index (κ1) is 40.2. The van der Waals surface area contributed by atoms with Crippen LogP contribution in [-0.2, 0) is 33.3 Å². The fourth-order valence-corrected chi connectivity index (χ4v) is 7.16. The van der Waals surface area contributed by atoms with Gasteiger partial charge < -0.3 is 34.5 Å². The maximum atomic E-state index is 13.3. The van der Waals surface area contributed by atoms with Crippen LogP contribution >= 0.6 is 0 Å². The van der Waals surface area contributed by atoms with E-state index in [9.17, 15) is 19.5 Å². The third-order valence-corrected chi connectivity index (χ3v) is 10.2. The van der Waals surface area contributed by atoms with Gasteiger partial charge in [-0.2, -0.15) is 0 Å². The van der Waals surface area contributed by atoms with Gasteiger partial charge in [0.25, 0.3) is 0 Å². The number of hydrogen-bond donors (Lipinski definition) is 2. The largest absolute Gasteiger partial charge is 0.462 e. The van der Waals surface area contributed by atoms with Crippen molar-refractivity contribution >= 4 is 17.8 Å². The number of carbonyl (C=O) groups excluding carboxylic acids is 3. The molecule has 11 atom stereocenters. The molecule has 10 nitrogen and oxygen atoms in total. The Morgan fingerprint density at radius 1 is 1.06 bits per heavy atom. The normalized spacial score (nSPS) is 35.9. The second kappa shape index (κ2) is 20.4. The first-order valence-electron chi connectivity index (χ1n) is 18.5. The molecule has 48 heavy (non-hydrogen) atoms. The Morgan fingerprint density at radius 3 is 2.56 bits per heavy atom. The van der Waals surface area contributed by atoms with Crippen molar-refractivity contribution in [3.63, 3.8) is 0 Å². The molecular formula is C38H63NO9. The number of carbonyl (C=O) groups is 3. The summed E-state index contributed by atoms with van der Waals surface area (Å²) >= 11 is 0. The van der Waals surface area contributed by atoms with E-state index in [0.717, 1.165) is 44.9 Å². The van der Waals surface area contributed by atoms with Crippen LogP contribution in [0.4, 0.5) is 4.79 Å². The number of aliphatic hydroxyl groups excluding tert-OH is 1. The van der Waals surface area contributed by atoms with Crippen molar-refractivity contribution in [2.75, 3.05) is 0 Å². The van der Waals surface area contributed by atoms with E-state index in [1.807, 2.05) is 20.8 Å². The van der Waals surface area contributed by atoms with Gasteiger partial charge in [0.05, 0.1) is 36.9 Å². The molecule has 0 saturated carbocycles. The number of ketones is 1. The molecule has 3 aliphatic rings. The summed E-state index contributed by atoms with van der Waals surface area (Å²) in [7, 11) is 0. The van der Waals surface area contributed by atoms with E-state index < -0.39 is 18.5 Å². The zero-order valence-electron chi connectivity index (χ0n) is 30.3. The van der Waals surface area contributed by atoms with E-state index in [0.29, 0.717) is 32.1 Å². The number of nitrogens with two attached hydrogens (primary N) is 1. The van der Waals surface area contributed by atoms with Crippen molar-refractivity contribution in [2.24, 2.45) is 23.5 Å². The first-order chi connectivity index (χ1) is 22.8. The molecule has 0 aromatic rings. The number of hydrogen-bond acceptors (Lipinski definition) is 9. The van der Waals surface area contributed by atoms with E-state index in [1.165, 1.54) is 5.57 Å². The van der Waals surface area contributed by atoms with Crippen LogP contribution in [-0.4, -0.2) is 72.0 Å². The lowest BCUT2D eigenvalue weighted by molar-refractivity contribution is -0.222. The van der Waals surface area contributed by atoms with Gasteiger partial charge in [0.2, 0.25) is 0 Å². The highest BCUT2D eigenvalue weighted by Crippen LogP contribution is 2.30. The Morgan fingerprint density at radius 2 is 1.83 bits per heavy atom. The topological polar surface area (TPSA) is 144 Å². The Bertz CT molecular complexity index is 1080. The number of aliphatic hydroxyl groups is 1. The van der Waals surface area contributed by atoms with E-state index in [1.54, 1.807) is 0 Å². The van der Waals surface area contributed by atoms with Crippen LogP contribution in [0, 0.1) is 17.8 Å². The standard InChI is InChI=1S/C38H63NO9/c1-7-29(40)21-33(41)25(3)16-18-35-27(5)19-24(2)15-17-30(46-37-23-32(47-38(39)43)20-28(6)44-37)12-9-8-11-26(4)34-14-10-13-31(45-34)22-36(42)48-35/h11,15,17,24-25,27-28,30-35,37,41H,7-10,12-14,16,18-23H2,1-6H3,(H2,39,43)/b17-15+,26-11+/t24-,25+,27+,28+,30+,31?,32?,33+,34-,35+,37-/m0/s1. The molecule has 0 aromatic heterocycles. The van der Waals surface area contributed by atoms with E-state index >= 15 is 0 Å². The molecule has 2 bridgehead atoms. The van der Waals surface area contributed by atoms with Gasteiger partial charge in [-0.3, -0.25) is 9.59 Å². The summed E-state index contributed by atoms with van der Waals surface area (Å²) in [5.41, 5.74) is 6.48. The van der Waals surface area contributed by atoms with Crippen LogP contribution in [0.3, 0.4) is 0 Å². The third-order valence-electron chi connectivity index (χ3n) is 10.2. The maximum Gasteiger partial charge on any atom is 0.404 e. The monoisotopic (exact) mass is 677 g/mol. The van der Waals surface area contributed by atoms with Gasteiger partial charge in [-0.05, 0) is 95.0 Å². The van der Waals surface area contributed by atoms with Crippen LogP contribution in [0.1, 0.15) is 131 Å². The summed E-state index contributed by atoms with van der Waals surface area (Å²) in [4.78, 5) is 36.7. The van der Waals surface area contributed by atoms with Crippen molar-refractivity contribution in [1.82, 2.24) is 0 Å². The number of amides is 1. The number of primary amides is 1. The highest BCUT2D eigenvalue weighted by atomic mass is 16.7. The lowest BCUT2D eigenvalue weighted by Crippen LogP contribution is -2.40. The van der Waals surface area contributed by atoms with Crippen molar-refractivity contribution in [1.29, 1.82) is 0 Å². The van der Waals surface area contributed by atoms with E-state index in [-0.39, 0.29) is 79.0 Å². The van der Waals surface area contributed by atoms with Gasteiger partial charge in [-0.25, -0.2) is 4.79 Å². The quantitative estimate of drug-likeness (QED) is 0.183. The van der Waals surface area contributed by atoms with Crippen LogP contribution < -0.4 is 5.73 Å². The summed E-state index contributed by atoms with van der Waals surface area (Å²) in [5, 5.41) is 10.6. The smallest absolute Gasteiger partial charge is 0.404 e. The van der Waals surface area contributed by atoms with Crippen LogP contribution in [0.5, 0.6) is 0 Å². The molecule has 2 unspecified atom stereocenters. The molecule has 0 aromatic carbocycles. The SMILES string of the molecule is CCC(=O)C[C@@H](O)[C@H](C)CC[C@H]1OC(=O)CC2CCC[C@H](O2)/C(C)=C/CCC[C@@H](O[C@H]2CC(OC(N)=O)C[C@@H](C)O2)/C=C/[C@H](C)C[C@H]1C. The average Bonchev–Trinajstić information content (AvgIpc) is 3.02. The molecule has 10 heteroatoms. The summed E-state index contributed by atoms with van der Waals surface area (Å²) in [5.74, 6) is -0.0466. The highest BCUT2D eigenvalue weighted by molar-refractivity contribution is 5.78. The van der Waals surface area contributed by atoms with Crippen molar-refractivity contribution in [3.05, 3.63) is 23.8 Å². The van der Waals surface area contributed by atoms with Crippen LogP contribution in [0.25, 0.3) is 0 Å². The Labute approximate surface area is 288 Å². The molecule has 0 radical (unpaired) electrons. The second-order valence-electron chi connectivity index (χ2n) is 14.7. The average molecular weight is 678 g/mol. The van der Waals surface area contributed by atoms with Gasteiger partial charge in [0.1, 0.15) is 18.0 Å².